The van der Waals surface area contributed by atoms with E-state index in [1.165, 1.54) is 6.92 Å². The molecule has 1 fully saturated rings. The molecule has 6 nitrogen and oxygen atoms in total. The fourth-order valence-electron chi connectivity index (χ4n) is 1.88. The van der Waals surface area contributed by atoms with Crippen molar-refractivity contribution in [2.24, 2.45) is 17.8 Å². The number of hydrogen-bond acceptors (Lipinski definition) is 4. The van der Waals surface area contributed by atoms with E-state index in [2.05, 4.69) is 5.32 Å². The zero-order valence-electron chi connectivity index (χ0n) is 10.5. The minimum Gasteiger partial charge on any atom is -0.481 e. The van der Waals surface area contributed by atoms with Gasteiger partial charge in [-0.15, -0.1) is 0 Å². The van der Waals surface area contributed by atoms with E-state index in [1.54, 1.807) is 6.92 Å². The second-order valence-corrected chi connectivity index (χ2v) is 7.16. The first-order chi connectivity index (χ1) is 8.23. The van der Waals surface area contributed by atoms with Crippen molar-refractivity contribution in [1.82, 2.24) is 5.32 Å². The van der Waals surface area contributed by atoms with Crippen LogP contribution in [0.2, 0.25) is 0 Å². The maximum atomic E-state index is 11.7. The number of carbonyl (C=O) groups is 2. The molecule has 18 heavy (non-hydrogen) atoms. The first-order valence-electron chi connectivity index (χ1n) is 5.94. The lowest BCUT2D eigenvalue weighted by molar-refractivity contribution is -0.146. The van der Waals surface area contributed by atoms with Crippen LogP contribution in [0, 0.1) is 17.8 Å². The molecule has 0 spiro atoms. The number of rotatable bonds is 5. The molecule has 1 aliphatic heterocycles. The maximum absolute atomic E-state index is 11.7. The molecule has 2 N–H and O–H groups in total. The summed E-state index contributed by atoms with van der Waals surface area (Å²) < 4.78 is 22.5. The van der Waals surface area contributed by atoms with Crippen molar-refractivity contribution in [3.63, 3.8) is 0 Å². The molecule has 3 unspecified atom stereocenters. The van der Waals surface area contributed by atoms with Crippen LogP contribution in [0.5, 0.6) is 0 Å². The number of hydrogen-bond donors (Lipinski definition) is 2. The van der Waals surface area contributed by atoms with E-state index in [0.29, 0.717) is 13.0 Å². The average Bonchev–Trinajstić information content (AvgIpc) is 2.63. The molecular formula is C11H19NO5S. The summed E-state index contributed by atoms with van der Waals surface area (Å²) in [4.78, 5) is 22.4. The molecule has 1 heterocycles. The van der Waals surface area contributed by atoms with E-state index in [-0.39, 0.29) is 23.3 Å². The monoisotopic (exact) mass is 277 g/mol. The third-order valence-electron chi connectivity index (χ3n) is 3.44. The van der Waals surface area contributed by atoms with Crippen molar-refractivity contribution >= 4 is 21.7 Å². The number of sulfone groups is 1. The Bertz CT molecular complexity index is 431. The fourth-order valence-corrected chi connectivity index (χ4v) is 3.74. The van der Waals surface area contributed by atoms with Crippen LogP contribution >= 0.6 is 0 Å². The standard InChI is InChI=1S/C11H19NO5S/c1-7(8(2)11(14)15)10(13)12-5-9-3-4-18(16,17)6-9/h7-9H,3-6H2,1-2H3,(H,12,13)(H,14,15). The van der Waals surface area contributed by atoms with Gasteiger partial charge >= 0.3 is 5.97 Å². The lowest BCUT2D eigenvalue weighted by Crippen LogP contribution is -2.37. The first kappa shape index (κ1) is 14.9. The largest absolute Gasteiger partial charge is 0.481 e. The molecule has 1 aliphatic rings. The number of carboxylic acids is 1. The Kier molecular flexibility index (Phi) is 4.72. The molecule has 7 heteroatoms. The Labute approximate surface area is 107 Å². The summed E-state index contributed by atoms with van der Waals surface area (Å²) in [5.74, 6) is -2.50. The topological polar surface area (TPSA) is 101 Å². The summed E-state index contributed by atoms with van der Waals surface area (Å²) >= 11 is 0. The Morgan fingerprint density at radius 1 is 1.33 bits per heavy atom. The van der Waals surface area contributed by atoms with Gasteiger partial charge in [-0.25, -0.2) is 8.42 Å². The molecule has 1 saturated heterocycles. The van der Waals surface area contributed by atoms with Gasteiger partial charge in [0.25, 0.3) is 0 Å². The van der Waals surface area contributed by atoms with E-state index in [9.17, 15) is 18.0 Å². The van der Waals surface area contributed by atoms with E-state index in [0.717, 1.165) is 0 Å². The highest BCUT2D eigenvalue weighted by molar-refractivity contribution is 7.91. The van der Waals surface area contributed by atoms with Crippen LogP contribution in [-0.2, 0) is 19.4 Å². The summed E-state index contributed by atoms with van der Waals surface area (Å²) in [7, 11) is -2.94. The number of amides is 1. The molecule has 1 rings (SSSR count). The lowest BCUT2D eigenvalue weighted by atomic mass is 9.95. The van der Waals surface area contributed by atoms with E-state index in [1.807, 2.05) is 0 Å². The fraction of sp³-hybridized carbons (Fsp3) is 0.818. The summed E-state index contributed by atoms with van der Waals surface area (Å²) in [5.41, 5.74) is 0. The van der Waals surface area contributed by atoms with Crippen molar-refractivity contribution in [2.45, 2.75) is 20.3 Å². The van der Waals surface area contributed by atoms with Crippen LogP contribution in [0.15, 0.2) is 0 Å². The van der Waals surface area contributed by atoms with Gasteiger partial charge < -0.3 is 10.4 Å². The Hall–Kier alpha value is -1.11. The predicted octanol–water partition coefficient (Wildman–Crippen LogP) is -0.106. The molecule has 0 aromatic heterocycles. The zero-order chi connectivity index (χ0) is 13.9. The normalized spacial score (nSPS) is 25.3. The van der Waals surface area contributed by atoms with Crippen molar-refractivity contribution in [3.05, 3.63) is 0 Å². The molecule has 0 aromatic rings. The highest BCUT2D eigenvalue weighted by atomic mass is 32.2. The Morgan fingerprint density at radius 2 is 1.94 bits per heavy atom. The van der Waals surface area contributed by atoms with Gasteiger partial charge in [0, 0.05) is 12.5 Å². The van der Waals surface area contributed by atoms with E-state index >= 15 is 0 Å². The Morgan fingerprint density at radius 3 is 2.39 bits per heavy atom. The second kappa shape index (κ2) is 5.69. The lowest BCUT2D eigenvalue weighted by Gasteiger charge is -2.17. The average molecular weight is 277 g/mol. The molecule has 0 aliphatic carbocycles. The van der Waals surface area contributed by atoms with Crippen LogP contribution in [0.1, 0.15) is 20.3 Å². The third kappa shape index (κ3) is 3.97. The Balaban J connectivity index is 2.40. The molecule has 0 bridgehead atoms. The van der Waals surface area contributed by atoms with Crippen molar-refractivity contribution in [2.75, 3.05) is 18.1 Å². The summed E-state index contributed by atoms with van der Waals surface area (Å²) in [6, 6.07) is 0. The van der Waals surface area contributed by atoms with Crippen LogP contribution in [0.3, 0.4) is 0 Å². The quantitative estimate of drug-likeness (QED) is 0.730. The molecular weight excluding hydrogens is 258 g/mol. The number of nitrogens with one attached hydrogen (secondary N) is 1. The highest BCUT2D eigenvalue weighted by Gasteiger charge is 2.30. The summed E-state index contributed by atoms with van der Waals surface area (Å²) in [6.07, 6.45) is 0.561. The van der Waals surface area contributed by atoms with Crippen molar-refractivity contribution < 1.29 is 23.1 Å². The zero-order valence-corrected chi connectivity index (χ0v) is 11.4. The first-order valence-corrected chi connectivity index (χ1v) is 7.76. The SMILES string of the molecule is CC(C(=O)O)C(C)C(=O)NCC1CCS(=O)(=O)C1. The van der Waals surface area contributed by atoms with Crippen molar-refractivity contribution in [3.8, 4) is 0 Å². The van der Waals surface area contributed by atoms with Gasteiger partial charge in [-0.1, -0.05) is 13.8 Å². The van der Waals surface area contributed by atoms with Crippen LogP contribution in [0.25, 0.3) is 0 Å². The van der Waals surface area contributed by atoms with Crippen LogP contribution in [-0.4, -0.2) is 43.5 Å². The second-order valence-electron chi connectivity index (χ2n) is 4.93. The van der Waals surface area contributed by atoms with Crippen LogP contribution < -0.4 is 5.32 Å². The molecule has 0 saturated carbocycles. The molecule has 0 radical (unpaired) electrons. The number of aliphatic carboxylic acids is 1. The third-order valence-corrected chi connectivity index (χ3v) is 5.28. The van der Waals surface area contributed by atoms with Crippen molar-refractivity contribution in [1.29, 1.82) is 0 Å². The smallest absolute Gasteiger partial charge is 0.307 e. The number of carboxylic acid groups (broad SMARTS) is 1. The predicted molar refractivity (Wildman–Crippen MR) is 65.7 cm³/mol. The maximum Gasteiger partial charge on any atom is 0.307 e. The summed E-state index contributed by atoms with van der Waals surface area (Å²) in [5, 5.41) is 11.4. The van der Waals surface area contributed by atoms with E-state index in [4.69, 9.17) is 5.11 Å². The van der Waals surface area contributed by atoms with E-state index < -0.39 is 27.6 Å². The van der Waals surface area contributed by atoms with Gasteiger partial charge in [-0.2, -0.15) is 0 Å². The van der Waals surface area contributed by atoms with Gasteiger partial charge in [0.2, 0.25) is 5.91 Å². The molecule has 1 amide bonds. The molecule has 3 atom stereocenters. The highest BCUT2D eigenvalue weighted by Crippen LogP contribution is 2.18. The van der Waals surface area contributed by atoms with Gasteiger partial charge in [0.15, 0.2) is 9.84 Å². The van der Waals surface area contributed by atoms with Crippen LogP contribution in [0.4, 0.5) is 0 Å². The summed E-state index contributed by atoms with van der Waals surface area (Å²) in [6.45, 7) is 3.33. The van der Waals surface area contributed by atoms with Gasteiger partial charge in [0.1, 0.15) is 0 Å². The molecule has 104 valence electrons. The van der Waals surface area contributed by atoms with Gasteiger partial charge in [-0.05, 0) is 12.3 Å². The number of carbonyl (C=O) groups excluding carboxylic acids is 1. The van der Waals surface area contributed by atoms with Gasteiger partial charge in [-0.3, -0.25) is 9.59 Å². The minimum absolute atomic E-state index is 0.0497. The molecule has 0 aromatic carbocycles. The van der Waals surface area contributed by atoms with Gasteiger partial charge in [0.05, 0.1) is 17.4 Å². The minimum atomic E-state index is -2.94.